The fraction of sp³-hybridized carbons (Fsp3) is 0.148. The first kappa shape index (κ1) is 25.2. The highest BCUT2D eigenvalue weighted by molar-refractivity contribution is 7.80. The van der Waals surface area contributed by atoms with E-state index in [9.17, 15) is 4.79 Å². The normalized spacial score (nSPS) is 17.1. The highest BCUT2D eigenvalue weighted by Crippen LogP contribution is 2.44. The van der Waals surface area contributed by atoms with Crippen LogP contribution in [0, 0.1) is 0 Å². The summed E-state index contributed by atoms with van der Waals surface area (Å²) in [5.41, 5.74) is 2.94. The van der Waals surface area contributed by atoms with E-state index in [2.05, 4.69) is 15.6 Å². The SMILES string of the molecule is COCC(=O)Nc1ccc(N2C(=S)NC(c3ccccn3)C2c2ccc(-c3ccc(Cl)cc3)o2)cc1Cl. The summed E-state index contributed by atoms with van der Waals surface area (Å²) in [5, 5.41) is 7.66. The Morgan fingerprint density at radius 3 is 2.65 bits per heavy atom. The first-order valence-electron chi connectivity index (χ1n) is 11.4. The van der Waals surface area contributed by atoms with Crippen molar-refractivity contribution in [2.75, 3.05) is 23.9 Å². The number of ether oxygens (including phenoxy) is 1. The molecule has 1 fully saturated rings. The average Bonchev–Trinajstić information content (AvgIpc) is 3.51. The van der Waals surface area contributed by atoms with Crippen LogP contribution in [-0.4, -0.2) is 29.7 Å². The highest BCUT2D eigenvalue weighted by atomic mass is 35.5. The summed E-state index contributed by atoms with van der Waals surface area (Å²) in [6.07, 6.45) is 1.75. The minimum Gasteiger partial charge on any atom is -0.459 e. The molecule has 37 heavy (non-hydrogen) atoms. The molecule has 2 aromatic carbocycles. The number of benzene rings is 2. The van der Waals surface area contributed by atoms with Gasteiger partial charge in [0.25, 0.3) is 0 Å². The lowest BCUT2D eigenvalue weighted by Gasteiger charge is -2.26. The quantitative estimate of drug-likeness (QED) is 0.256. The van der Waals surface area contributed by atoms with Crippen molar-refractivity contribution in [1.29, 1.82) is 0 Å². The Hall–Kier alpha value is -3.43. The summed E-state index contributed by atoms with van der Waals surface area (Å²) >= 11 is 18.4. The molecule has 10 heteroatoms. The third kappa shape index (κ3) is 5.33. The lowest BCUT2D eigenvalue weighted by atomic mass is 10.0. The summed E-state index contributed by atoms with van der Waals surface area (Å²) < 4.78 is 11.2. The number of methoxy groups -OCH3 is 1. The van der Waals surface area contributed by atoms with Crippen molar-refractivity contribution < 1.29 is 13.9 Å². The monoisotopic (exact) mass is 552 g/mol. The number of amides is 1. The lowest BCUT2D eigenvalue weighted by Crippen LogP contribution is -2.29. The zero-order chi connectivity index (χ0) is 25.9. The van der Waals surface area contributed by atoms with E-state index in [-0.39, 0.29) is 24.6 Å². The standard InChI is InChI=1S/C27H22Cl2N4O3S/c1-35-15-24(34)31-20-10-9-18(14-19(20)29)33-26(25(32-27(33)37)21-4-2-3-13-30-21)23-12-11-22(36-23)16-5-7-17(28)8-6-16/h2-14,25-26H,15H2,1H3,(H,31,34)(H,32,37). The fourth-order valence-electron chi connectivity index (χ4n) is 4.28. The molecule has 1 saturated heterocycles. The maximum Gasteiger partial charge on any atom is 0.250 e. The minimum atomic E-state index is -0.353. The Labute approximate surface area is 229 Å². The van der Waals surface area contributed by atoms with Gasteiger partial charge in [-0.3, -0.25) is 9.78 Å². The second kappa shape index (κ2) is 10.9. The number of thiocarbonyl (C=S) groups is 1. The molecule has 2 unspecified atom stereocenters. The summed E-state index contributed by atoms with van der Waals surface area (Å²) in [4.78, 5) is 18.5. The van der Waals surface area contributed by atoms with Crippen molar-refractivity contribution in [2.24, 2.45) is 0 Å². The Balaban J connectivity index is 1.53. The number of rotatable bonds is 7. The number of hydrogen-bond acceptors (Lipinski definition) is 5. The molecular formula is C27H22Cl2N4O3S. The van der Waals surface area contributed by atoms with Crippen molar-refractivity contribution in [3.63, 3.8) is 0 Å². The second-order valence-corrected chi connectivity index (χ2v) is 9.58. The van der Waals surface area contributed by atoms with Crippen molar-refractivity contribution in [1.82, 2.24) is 10.3 Å². The number of carbonyl (C=O) groups excluding carboxylic acids is 1. The third-order valence-corrected chi connectivity index (χ3v) is 6.80. The van der Waals surface area contributed by atoms with E-state index < -0.39 is 0 Å². The third-order valence-electron chi connectivity index (χ3n) is 5.93. The maximum atomic E-state index is 12.0. The van der Waals surface area contributed by atoms with E-state index in [1.165, 1.54) is 7.11 Å². The molecule has 2 atom stereocenters. The van der Waals surface area contributed by atoms with Crippen LogP contribution in [0.4, 0.5) is 11.4 Å². The number of halogens is 2. The van der Waals surface area contributed by atoms with Gasteiger partial charge in [0, 0.05) is 29.6 Å². The van der Waals surface area contributed by atoms with Crippen LogP contribution < -0.4 is 15.5 Å². The van der Waals surface area contributed by atoms with E-state index in [0.29, 0.717) is 32.4 Å². The fourth-order valence-corrected chi connectivity index (χ4v) is 4.97. The Bertz CT molecular complexity index is 1430. The van der Waals surface area contributed by atoms with E-state index in [0.717, 1.165) is 16.9 Å². The minimum absolute atomic E-state index is 0.0690. The van der Waals surface area contributed by atoms with Gasteiger partial charge in [-0.25, -0.2) is 0 Å². The molecule has 5 rings (SSSR count). The lowest BCUT2D eigenvalue weighted by molar-refractivity contribution is -0.119. The molecular weight excluding hydrogens is 531 g/mol. The molecule has 4 aromatic rings. The number of nitrogens with one attached hydrogen (secondary N) is 2. The summed E-state index contributed by atoms with van der Waals surface area (Å²) in [7, 11) is 1.46. The first-order valence-corrected chi connectivity index (χ1v) is 12.6. The van der Waals surface area contributed by atoms with Crippen molar-refractivity contribution in [2.45, 2.75) is 12.1 Å². The summed E-state index contributed by atoms with van der Waals surface area (Å²) in [6, 6.07) is 21.8. The van der Waals surface area contributed by atoms with Gasteiger partial charge in [0.1, 0.15) is 24.2 Å². The molecule has 2 N–H and O–H groups in total. The molecule has 188 valence electrons. The van der Waals surface area contributed by atoms with Gasteiger partial charge >= 0.3 is 0 Å². The molecule has 1 aliphatic rings. The Morgan fingerprint density at radius 1 is 1.14 bits per heavy atom. The second-order valence-electron chi connectivity index (χ2n) is 8.35. The Morgan fingerprint density at radius 2 is 1.95 bits per heavy atom. The topological polar surface area (TPSA) is 79.6 Å². The van der Waals surface area contributed by atoms with Crippen LogP contribution in [0.5, 0.6) is 0 Å². The van der Waals surface area contributed by atoms with E-state index in [1.54, 1.807) is 18.3 Å². The van der Waals surface area contributed by atoms with Gasteiger partial charge in [0.2, 0.25) is 5.91 Å². The molecule has 2 aromatic heterocycles. The predicted octanol–water partition coefficient (Wildman–Crippen LogP) is 6.41. The maximum absolute atomic E-state index is 12.0. The van der Waals surface area contributed by atoms with Crippen molar-refractivity contribution >= 4 is 57.8 Å². The molecule has 0 aliphatic carbocycles. The first-order chi connectivity index (χ1) is 17.9. The highest BCUT2D eigenvalue weighted by Gasteiger charge is 2.42. The van der Waals surface area contributed by atoms with Crippen LogP contribution in [-0.2, 0) is 9.53 Å². The molecule has 0 spiro atoms. The van der Waals surface area contributed by atoms with Crippen LogP contribution in [0.25, 0.3) is 11.3 Å². The number of hydrogen-bond donors (Lipinski definition) is 2. The smallest absolute Gasteiger partial charge is 0.250 e. The van der Waals surface area contributed by atoms with Crippen LogP contribution in [0.1, 0.15) is 23.5 Å². The number of nitrogens with zero attached hydrogens (tertiary/aromatic N) is 2. The molecule has 0 radical (unpaired) electrons. The van der Waals surface area contributed by atoms with Gasteiger partial charge < -0.3 is 24.7 Å². The number of anilines is 2. The van der Waals surface area contributed by atoms with Gasteiger partial charge in [-0.05, 0) is 78.9 Å². The zero-order valence-electron chi connectivity index (χ0n) is 19.7. The van der Waals surface area contributed by atoms with Gasteiger partial charge in [0.05, 0.1) is 22.4 Å². The van der Waals surface area contributed by atoms with E-state index in [1.807, 2.05) is 65.6 Å². The van der Waals surface area contributed by atoms with Gasteiger partial charge in [-0.2, -0.15) is 0 Å². The molecule has 1 amide bonds. The van der Waals surface area contributed by atoms with Gasteiger partial charge in [-0.15, -0.1) is 0 Å². The molecule has 1 aliphatic heterocycles. The Kier molecular flexibility index (Phi) is 7.43. The van der Waals surface area contributed by atoms with E-state index in [4.69, 9.17) is 44.6 Å². The largest absolute Gasteiger partial charge is 0.459 e. The number of carbonyl (C=O) groups is 1. The number of aromatic nitrogens is 1. The molecule has 0 bridgehead atoms. The summed E-state index contributed by atoms with van der Waals surface area (Å²) in [5.74, 6) is 1.11. The van der Waals surface area contributed by atoms with Crippen LogP contribution in [0.15, 0.2) is 83.4 Å². The van der Waals surface area contributed by atoms with Gasteiger partial charge in [0.15, 0.2) is 5.11 Å². The van der Waals surface area contributed by atoms with Crippen LogP contribution >= 0.6 is 35.4 Å². The number of pyridine rings is 1. The van der Waals surface area contributed by atoms with Crippen LogP contribution in [0.2, 0.25) is 10.0 Å². The summed E-state index contributed by atoms with van der Waals surface area (Å²) in [6.45, 7) is -0.0690. The average molecular weight is 553 g/mol. The van der Waals surface area contributed by atoms with Crippen molar-refractivity contribution in [3.05, 3.63) is 100 Å². The zero-order valence-corrected chi connectivity index (χ0v) is 22.0. The van der Waals surface area contributed by atoms with Gasteiger partial charge in [-0.1, -0.05) is 29.3 Å². The van der Waals surface area contributed by atoms with Crippen LogP contribution in [0.3, 0.4) is 0 Å². The molecule has 3 heterocycles. The predicted molar refractivity (Wildman–Crippen MR) is 149 cm³/mol. The number of furan rings is 1. The van der Waals surface area contributed by atoms with Crippen molar-refractivity contribution in [3.8, 4) is 11.3 Å². The molecule has 7 nitrogen and oxygen atoms in total. The molecule has 0 saturated carbocycles. The van der Waals surface area contributed by atoms with E-state index >= 15 is 0 Å².